The van der Waals surface area contributed by atoms with Gasteiger partial charge in [-0.05, 0) is 47.6 Å². The Morgan fingerprint density at radius 3 is 2.33 bits per heavy atom. The molecule has 3 N–H and O–H groups in total. The fraction of sp³-hybridized carbons (Fsp3) is 0.588. The van der Waals surface area contributed by atoms with Crippen LogP contribution in [0.1, 0.15) is 51.8 Å². The first-order valence-corrected chi connectivity index (χ1v) is 7.25. The molecular weight excluding hydrogens is 264 g/mol. The zero-order valence-corrected chi connectivity index (χ0v) is 14.2. The van der Waals surface area contributed by atoms with E-state index in [0.29, 0.717) is 0 Å². The average molecular weight is 292 g/mol. The normalized spacial score (nSPS) is 13.7. The molecule has 0 fully saturated rings. The number of hydrogen-bond acceptors (Lipinski definition) is 3. The second kappa shape index (κ2) is 6.06. The molecule has 0 spiro atoms. The van der Waals surface area contributed by atoms with Gasteiger partial charge in [-0.1, -0.05) is 17.7 Å². The van der Waals surface area contributed by atoms with Gasteiger partial charge < -0.3 is 15.8 Å². The third kappa shape index (κ3) is 3.76. The van der Waals surface area contributed by atoms with Crippen LogP contribution in [0.25, 0.3) is 0 Å². The van der Waals surface area contributed by atoms with Gasteiger partial charge in [0.2, 0.25) is 5.91 Å². The van der Waals surface area contributed by atoms with Crippen molar-refractivity contribution >= 4 is 5.91 Å². The van der Waals surface area contributed by atoms with Gasteiger partial charge in [0.05, 0.1) is 18.6 Å². The average Bonchev–Trinajstić information content (AvgIpc) is 2.37. The molecule has 4 heteroatoms. The van der Waals surface area contributed by atoms with Gasteiger partial charge in [-0.2, -0.15) is 0 Å². The Bertz CT molecular complexity index is 516. The number of ether oxygens (including phenoxy) is 1. The molecule has 0 aromatic heterocycles. The lowest BCUT2D eigenvalue weighted by Crippen LogP contribution is -2.55. The number of carbonyl (C=O) groups excluding carboxylic acids is 1. The van der Waals surface area contributed by atoms with Crippen LogP contribution in [0.3, 0.4) is 0 Å². The molecule has 0 saturated heterocycles. The minimum atomic E-state index is -0.668. The number of hydrogen-bond donors (Lipinski definition) is 2. The van der Waals surface area contributed by atoms with E-state index < -0.39 is 11.0 Å². The van der Waals surface area contributed by atoms with Crippen molar-refractivity contribution in [1.29, 1.82) is 0 Å². The predicted octanol–water partition coefficient (Wildman–Crippen LogP) is 2.94. The number of carbonyl (C=O) groups is 1. The van der Waals surface area contributed by atoms with Crippen molar-refractivity contribution in [2.45, 2.75) is 53.1 Å². The summed E-state index contributed by atoms with van der Waals surface area (Å²) in [5, 5.41) is 3.05. The van der Waals surface area contributed by atoms with Gasteiger partial charge in [-0.15, -0.1) is 0 Å². The first kappa shape index (κ1) is 17.5. The fourth-order valence-electron chi connectivity index (χ4n) is 1.94. The summed E-state index contributed by atoms with van der Waals surface area (Å²) in [5.41, 5.74) is 6.95. The van der Waals surface area contributed by atoms with Crippen LogP contribution in [0.5, 0.6) is 5.75 Å². The molecular formula is C17H28N2O2. The van der Waals surface area contributed by atoms with Gasteiger partial charge in [0.25, 0.3) is 0 Å². The zero-order chi connectivity index (χ0) is 16.4. The number of methoxy groups -OCH3 is 1. The molecule has 1 amide bonds. The summed E-state index contributed by atoms with van der Waals surface area (Å²) in [6.45, 7) is 11.4. The SMILES string of the molecule is COc1ccc(C)cc1C(C)NC(=O)C(C)(C)C(C)(C)N. The quantitative estimate of drug-likeness (QED) is 0.877. The molecule has 0 aliphatic rings. The highest BCUT2D eigenvalue weighted by Gasteiger charge is 2.40. The molecule has 1 atom stereocenters. The van der Waals surface area contributed by atoms with E-state index in [1.807, 2.05) is 59.7 Å². The maximum Gasteiger partial charge on any atom is 0.227 e. The van der Waals surface area contributed by atoms with Gasteiger partial charge in [-0.3, -0.25) is 4.79 Å². The first-order valence-electron chi connectivity index (χ1n) is 7.25. The largest absolute Gasteiger partial charge is 0.496 e. The van der Waals surface area contributed by atoms with Gasteiger partial charge in [-0.25, -0.2) is 0 Å². The maximum absolute atomic E-state index is 12.5. The Kier molecular flexibility index (Phi) is 5.05. The van der Waals surface area contributed by atoms with Crippen LogP contribution in [0, 0.1) is 12.3 Å². The van der Waals surface area contributed by atoms with E-state index in [4.69, 9.17) is 10.5 Å². The smallest absolute Gasteiger partial charge is 0.227 e. The lowest BCUT2D eigenvalue weighted by Gasteiger charge is -2.37. The molecule has 0 heterocycles. The van der Waals surface area contributed by atoms with E-state index in [-0.39, 0.29) is 11.9 Å². The van der Waals surface area contributed by atoms with E-state index in [1.165, 1.54) is 0 Å². The summed E-state index contributed by atoms with van der Waals surface area (Å²) in [6, 6.07) is 5.80. The molecule has 0 saturated carbocycles. The molecule has 0 radical (unpaired) electrons. The monoisotopic (exact) mass is 292 g/mol. The van der Waals surface area contributed by atoms with E-state index in [0.717, 1.165) is 16.9 Å². The molecule has 0 aliphatic carbocycles. The predicted molar refractivity (Wildman–Crippen MR) is 86.3 cm³/mol. The highest BCUT2D eigenvalue weighted by molar-refractivity contribution is 5.83. The van der Waals surface area contributed by atoms with Crippen molar-refractivity contribution in [1.82, 2.24) is 5.32 Å². The number of nitrogens with two attached hydrogens (primary N) is 1. The van der Waals surface area contributed by atoms with Crippen molar-refractivity contribution < 1.29 is 9.53 Å². The van der Waals surface area contributed by atoms with E-state index in [2.05, 4.69) is 5.32 Å². The Morgan fingerprint density at radius 2 is 1.86 bits per heavy atom. The Labute approximate surface area is 128 Å². The van der Waals surface area contributed by atoms with Crippen molar-refractivity contribution in [3.63, 3.8) is 0 Å². The molecule has 1 unspecified atom stereocenters. The minimum Gasteiger partial charge on any atom is -0.496 e. The molecule has 118 valence electrons. The van der Waals surface area contributed by atoms with Crippen LogP contribution in [-0.4, -0.2) is 18.6 Å². The third-order valence-electron chi connectivity index (χ3n) is 4.38. The van der Waals surface area contributed by atoms with Gasteiger partial charge in [0.1, 0.15) is 5.75 Å². The summed E-state index contributed by atoms with van der Waals surface area (Å²) >= 11 is 0. The standard InChI is InChI=1S/C17H28N2O2/c1-11-8-9-14(21-7)13(10-11)12(2)19-15(20)16(3,4)17(5,6)18/h8-10,12H,18H2,1-7H3,(H,19,20). The minimum absolute atomic E-state index is 0.0638. The summed E-state index contributed by atoms with van der Waals surface area (Å²) in [6.07, 6.45) is 0. The van der Waals surface area contributed by atoms with Crippen molar-refractivity contribution in [2.24, 2.45) is 11.1 Å². The van der Waals surface area contributed by atoms with E-state index in [1.54, 1.807) is 7.11 Å². The highest BCUT2D eigenvalue weighted by atomic mass is 16.5. The second-order valence-electron chi connectivity index (χ2n) is 6.79. The summed E-state index contributed by atoms with van der Waals surface area (Å²) < 4.78 is 5.38. The molecule has 1 rings (SSSR count). The lowest BCUT2D eigenvalue weighted by molar-refractivity contribution is -0.132. The number of benzene rings is 1. The molecule has 4 nitrogen and oxygen atoms in total. The van der Waals surface area contributed by atoms with Crippen LogP contribution >= 0.6 is 0 Å². The van der Waals surface area contributed by atoms with Gasteiger partial charge in [0.15, 0.2) is 0 Å². The number of rotatable bonds is 5. The molecule has 1 aromatic carbocycles. The van der Waals surface area contributed by atoms with Crippen LogP contribution < -0.4 is 15.8 Å². The van der Waals surface area contributed by atoms with Crippen LogP contribution in [-0.2, 0) is 4.79 Å². The third-order valence-corrected chi connectivity index (χ3v) is 4.38. The van der Waals surface area contributed by atoms with Gasteiger partial charge in [0, 0.05) is 11.1 Å². The maximum atomic E-state index is 12.5. The molecule has 1 aromatic rings. The van der Waals surface area contributed by atoms with Crippen LogP contribution in [0.4, 0.5) is 0 Å². The van der Waals surface area contributed by atoms with Crippen molar-refractivity contribution in [3.8, 4) is 5.75 Å². The summed E-state index contributed by atoms with van der Waals surface area (Å²) in [4.78, 5) is 12.5. The van der Waals surface area contributed by atoms with Crippen molar-refractivity contribution in [3.05, 3.63) is 29.3 Å². The Balaban J connectivity index is 2.99. The highest BCUT2D eigenvalue weighted by Crippen LogP contribution is 2.31. The zero-order valence-electron chi connectivity index (χ0n) is 14.2. The Hall–Kier alpha value is -1.55. The van der Waals surface area contributed by atoms with E-state index >= 15 is 0 Å². The molecule has 21 heavy (non-hydrogen) atoms. The Morgan fingerprint density at radius 1 is 1.29 bits per heavy atom. The topological polar surface area (TPSA) is 64.3 Å². The lowest BCUT2D eigenvalue weighted by atomic mass is 9.74. The summed E-state index contributed by atoms with van der Waals surface area (Å²) in [7, 11) is 1.63. The van der Waals surface area contributed by atoms with Gasteiger partial charge >= 0.3 is 0 Å². The van der Waals surface area contributed by atoms with Crippen molar-refractivity contribution in [2.75, 3.05) is 7.11 Å². The first-order chi connectivity index (χ1) is 9.50. The molecule has 0 bridgehead atoms. The fourth-order valence-corrected chi connectivity index (χ4v) is 1.94. The number of nitrogens with one attached hydrogen (secondary N) is 1. The van der Waals surface area contributed by atoms with Crippen LogP contribution in [0.15, 0.2) is 18.2 Å². The second-order valence-corrected chi connectivity index (χ2v) is 6.79. The van der Waals surface area contributed by atoms with Crippen LogP contribution in [0.2, 0.25) is 0 Å². The summed E-state index contributed by atoms with van der Waals surface area (Å²) in [5.74, 6) is 0.712. The number of aryl methyl sites for hydroxylation is 1. The molecule has 0 aliphatic heterocycles. The van der Waals surface area contributed by atoms with E-state index in [9.17, 15) is 4.79 Å². The number of amides is 1.